The van der Waals surface area contributed by atoms with Crippen molar-refractivity contribution >= 4 is 17.4 Å². The second-order valence-corrected chi connectivity index (χ2v) is 6.26. The van der Waals surface area contributed by atoms with Crippen LogP contribution in [0.3, 0.4) is 0 Å². The minimum Gasteiger partial charge on any atom is -0.508 e. The summed E-state index contributed by atoms with van der Waals surface area (Å²) >= 11 is 0. The zero-order chi connectivity index (χ0) is 16.9. The van der Waals surface area contributed by atoms with Gasteiger partial charge in [0.05, 0.1) is 0 Å². The van der Waals surface area contributed by atoms with Gasteiger partial charge < -0.3 is 15.3 Å². The van der Waals surface area contributed by atoms with Crippen molar-refractivity contribution in [2.75, 3.05) is 23.3 Å². The van der Waals surface area contributed by atoms with Crippen LogP contribution in [0.4, 0.5) is 11.5 Å². The van der Waals surface area contributed by atoms with E-state index in [4.69, 9.17) is 0 Å². The van der Waals surface area contributed by atoms with Gasteiger partial charge in [-0.1, -0.05) is 12.8 Å². The Kier molecular flexibility index (Phi) is 4.99. The third kappa shape index (κ3) is 3.85. The molecule has 1 aliphatic rings. The molecule has 3 rings (SSSR count). The lowest BCUT2D eigenvalue weighted by atomic mass is 10.1. The monoisotopic (exact) mass is 325 g/mol. The van der Waals surface area contributed by atoms with E-state index in [0.29, 0.717) is 11.3 Å². The number of aromatic nitrogens is 1. The van der Waals surface area contributed by atoms with Crippen LogP contribution >= 0.6 is 0 Å². The molecule has 5 heteroatoms. The zero-order valence-electron chi connectivity index (χ0n) is 14.0. The molecule has 0 bridgehead atoms. The standard InChI is InChI=1S/C19H23N3O2/c1-14-12-16(23)6-7-17(14)21-19(24)15-8-9-20-18(13-15)22-10-4-2-3-5-11-22/h6-9,12-13,23H,2-5,10-11H2,1H3,(H,21,24). The highest BCUT2D eigenvalue weighted by Crippen LogP contribution is 2.22. The average molecular weight is 325 g/mol. The lowest BCUT2D eigenvalue weighted by Crippen LogP contribution is -2.25. The van der Waals surface area contributed by atoms with E-state index in [1.54, 1.807) is 30.5 Å². The number of aromatic hydroxyl groups is 1. The maximum Gasteiger partial charge on any atom is 0.255 e. The number of hydrogen-bond acceptors (Lipinski definition) is 4. The highest BCUT2D eigenvalue weighted by Gasteiger charge is 2.14. The number of nitrogens with one attached hydrogen (secondary N) is 1. The fourth-order valence-corrected chi connectivity index (χ4v) is 3.01. The Labute approximate surface area is 142 Å². The minimum atomic E-state index is -0.165. The van der Waals surface area contributed by atoms with Gasteiger partial charge >= 0.3 is 0 Å². The van der Waals surface area contributed by atoms with Crippen LogP contribution in [0.15, 0.2) is 36.5 Å². The second kappa shape index (κ2) is 7.34. The van der Waals surface area contributed by atoms with Crippen molar-refractivity contribution in [2.24, 2.45) is 0 Å². The Bertz CT molecular complexity index is 722. The number of amides is 1. The Balaban J connectivity index is 1.76. The van der Waals surface area contributed by atoms with Gasteiger partial charge in [-0.3, -0.25) is 4.79 Å². The molecule has 1 aromatic carbocycles. The summed E-state index contributed by atoms with van der Waals surface area (Å²) in [5, 5.41) is 12.4. The molecular weight excluding hydrogens is 302 g/mol. The number of pyridine rings is 1. The van der Waals surface area contributed by atoms with Gasteiger partial charge in [0.2, 0.25) is 0 Å². The lowest BCUT2D eigenvalue weighted by molar-refractivity contribution is 0.102. The van der Waals surface area contributed by atoms with Gasteiger partial charge in [-0.15, -0.1) is 0 Å². The summed E-state index contributed by atoms with van der Waals surface area (Å²) in [5.74, 6) is 0.895. The van der Waals surface area contributed by atoms with E-state index >= 15 is 0 Å². The molecule has 126 valence electrons. The van der Waals surface area contributed by atoms with E-state index in [1.807, 2.05) is 13.0 Å². The molecule has 24 heavy (non-hydrogen) atoms. The summed E-state index contributed by atoms with van der Waals surface area (Å²) in [6, 6.07) is 8.49. The predicted octanol–water partition coefficient (Wildman–Crippen LogP) is 3.73. The lowest BCUT2D eigenvalue weighted by Gasteiger charge is -2.21. The molecular formula is C19H23N3O2. The molecule has 5 nitrogen and oxygen atoms in total. The van der Waals surface area contributed by atoms with E-state index in [2.05, 4.69) is 15.2 Å². The molecule has 0 aliphatic carbocycles. The van der Waals surface area contributed by atoms with Crippen molar-refractivity contribution in [1.29, 1.82) is 0 Å². The van der Waals surface area contributed by atoms with Crippen molar-refractivity contribution in [3.63, 3.8) is 0 Å². The van der Waals surface area contributed by atoms with Crippen LogP contribution in [0.2, 0.25) is 0 Å². The maximum absolute atomic E-state index is 12.5. The number of carbonyl (C=O) groups is 1. The van der Waals surface area contributed by atoms with Crippen LogP contribution in [-0.2, 0) is 0 Å². The van der Waals surface area contributed by atoms with Crippen molar-refractivity contribution in [2.45, 2.75) is 32.6 Å². The van der Waals surface area contributed by atoms with Crippen LogP contribution in [-0.4, -0.2) is 29.1 Å². The highest BCUT2D eigenvalue weighted by atomic mass is 16.3. The van der Waals surface area contributed by atoms with Crippen molar-refractivity contribution in [3.05, 3.63) is 47.7 Å². The quantitative estimate of drug-likeness (QED) is 0.844. The fraction of sp³-hybridized carbons (Fsp3) is 0.368. The molecule has 1 amide bonds. The molecule has 2 aromatic rings. The first kappa shape index (κ1) is 16.3. The minimum absolute atomic E-state index is 0.165. The topological polar surface area (TPSA) is 65.5 Å². The number of benzene rings is 1. The van der Waals surface area contributed by atoms with E-state index < -0.39 is 0 Å². The zero-order valence-corrected chi connectivity index (χ0v) is 14.0. The maximum atomic E-state index is 12.5. The first-order valence-corrected chi connectivity index (χ1v) is 8.45. The normalized spacial score (nSPS) is 15.0. The summed E-state index contributed by atoms with van der Waals surface area (Å²) in [6.07, 6.45) is 6.56. The van der Waals surface area contributed by atoms with Crippen molar-refractivity contribution in [1.82, 2.24) is 4.98 Å². The van der Waals surface area contributed by atoms with Gasteiger partial charge in [-0.2, -0.15) is 0 Å². The van der Waals surface area contributed by atoms with Crippen molar-refractivity contribution in [3.8, 4) is 5.75 Å². The van der Waals surface area contributed by atoms with Gasteiger partial charge in [0, 0.05) is 30.5 Å². The van der Waals surface area contributed by atoms with Crippen LogP contribution in [0, 0.1) is 6.92 Å². The number of aryl methyl sites for hydroxylation is 1. The summed E-state index contributed by atoms with van der Waals surface area (Å²) in [6.45, 7) is 3.84. The summed E-state index contributed by atoms with van der Waals surface area (Å²) in [7, 11) is 0. The number of carbonyl (C=O) groups excluding carboxylic acids is 1. The van der Waals surface area contributed by atoms with Crippen LogP contribution in [0.5, 0.6) is 5.75 Å². The predicted molar refractivity (Wildman–Crippen MR) is 95.7 cm³/mol. The summed E-state index contributed by atoms with van der Waals surface area (Å²) in [5.41, 5.74) is 2.12. The number of anilines is 2. The molecule has 2 heterocycles. The first-order valence-electron chi connectivity index (χ1n) is 8.45. The molecule has 0 saturated carbocycles. The molecule has 0 atom stereocenters. The SMILES string of the molecule is Cc1cc(O)ccc1NC(=O)c1ccnc(N2CCCCCC2)c1. The Morgan fingerprint density at radius 2 is 1.88 bits per heavy atom. The largest absolute Gasteiger partial charge is 0.508 e. The summed E-state index contributed by atoms with van der Waals surface area (Å²) < 4.78 is 0. The molecule has 0 radical (unpaired) electrons. The first-order chi connectivity index (χ1) is 11.6. The van der Waals surface area contributed by atoms with E-state index in [9.17, 15) is 9.90 Å². The smallest absolute Gasteiger partial charge is 0.255 e. The molecule has 1 fully saturated rings. The van der Waals surface area contributed by atoms with Gasteiger partial charge in [-0.25, -0.2) is 4.98 Å². The molecule has 1 aromatic heterocycles. The number of phenols is 1. The van der Waals surface area contributed by atoms with E-state index in [-0.39, 0.29) is 11.7 Å². The van der Waals surface area contributed by atoms with Crippen LogP contribution in [0.1, 0.15) is 41.6 Å². The third-order valence-electron chi connectivity index (χ3n) is 4.40. The number of phenolic OH excluding ortho intramolecular Hbond substituents is 1. The molecule has 0 unspecified atom stereocenters. The molecule has 2 N–H and O–H groups in total. The van der Waals surface area contributed by atoms with Gasteiger partial charge in [-0.05, 0) is 55.7 Å². The average Bonchev–Trinajstić information content (AvgIpc) is 2.87. The highest BCUT2D eigenvalue weighted by molar-refractivity contribution is 6.05. The second-order valence-electron chi connectivity index (χ2n) is 6.26. The number of nitrogens with zero attached hydrogens (tertiary/aromatic N) is 2. The Morgan fingerprint density at radius 3 is 2.58 bits per heavy atom. The Morgan fingerprint density at radius 1 is 1.12 bits per heavy atom. The number of rotatable bonds is 3. The fourth-order valence-electron chi connectivity index (χ4n) is 3.01. The summed E-state index contributed by atoms with van der Waals surface area (Å²) in [4.78, 5) is 19.2. The van der Waals surface area contributed by atoms with Crippen LogP contribution in [0.25, 0.3) is 0 Å². The van der Waals surface area contributed by atoms with Crippen LogP contribution < -0.4 is 10.2 Å². The third-order valence-corrected chi connectivity index (χ3v) is 4.40. The van der Waals surface area contributed by atoms with Crippen molar-refractivity contribution < 1.29 is 9.90 Å². The van der Waals surface area contributed by atoms with E-state index in [1.165, 1.54) is 25.7 Å². The van der Waals surface area contributed by atoms with E-state index in [0.717, 1.165) is 24.5 Å². The molecule has 0 spiro atoms. The van der Waals surface area contributed by atoms with Gasteiger partial charge in [0.15, 0.2) is 0 Å². The van der Waals surface area contributed by atoms with Gasteiger partial charge in [0.25, 0.3) is 5.91 Å². The van der Waals surface area contributed by atoms with Gasteiger partial charge in [0.1, 0.15) is 11.6 Å². The Hall–Kier alpha value is -2.56. The molecule has 1 saturated heterocycles. The number of hydrogen-bond donors (Lipinski definition) is 2. The molecule has 1 aliphatic heterocycles.